The molecule has 0 bridgehead atoms. The highest BCUT2D eigenvalue weighted by atomic mass is 35.5. The fourth-order valence-corrected chi connectivity index (χ4v) is 4.00. The molecule has 4 aromatic rings. The summed E-state index contributed by atoms with van der Waals surface area (Å²) >= 11 is 11.9. The largest absolute Gasteiger partial charge is 0.453 e. The van der Waals surface area contributed by atoms with Crippen LogP contribution in [0.15, 0.2) is 61.2 Å². The quantitative estimate of drug-likeness (QED) is 0.239. The first-order chi connectivity index (χ1) is 17.8. The first-order valence-electron chi connectivity index (χ1n) is 10.8. The number of Topliss-reactive ketones (excluding diaryl/α,β-unsaturated/α-hetero) is 1. The minimum atomic E-state index is -4.79. The minimum absolute atomic E-state index is 0.335. The van der Waals surface area contributed by atoms with E-state index in [4.69, 9.17) is 23.2 Å². The molecule has 0 saturated heterocycles. The van der Waals surface area contributed by atoms with Crippen molar-refractivity contribution in [1.82, 2.24) is 29.5 Å². The van der Waals surface area contributed by atoms with Crippen LogP contribution < -0.4 is 0 Å². The number of hydrogen-bond acceptors (Lipinski definition) is 5. The number of aromatic nitrogens is 6. The van der Waals surface area contributed by atoms with E-state index in [1.807, 2.05) is 0 Å². The molecule has 0 aliphatic carbocycles. The molecule has 7 nitrogen and oxygen atoms in total. The maximum Gasteiger partial charge on any atom is 0.453 e. The van der Waals surface area contributed by atoms with Crippen LogP contribution in [0.1, 0.15) is 34.6 Å². The molecule has 0 fully saturated rings. The summed E-state index contributed by atoms with van der Waals surface area (Å²) < 4.78 is 80.1. The van der Waals surface area contributed by atoms with Crippen molar-refractivity contribution < 1.29 is 31.1 Å². The van der Waals surface area contributed by atoms with Gasteiger partial charge in [-0.3, -0.25) is 14.2 Å². The number of carbonyl (C=O) groups excluding carboxylic acids is 1. The maximum atomic E-state index is 14.0. The van der Waals surface area contributed by atoms with Crippen LogP contribution in [0, 0.1) is 0 Å². The van der Waals surface area contributed by atoms with Gasteiger partial charge in [0.1, 0.15) is 12.7 Å². The fourth-order valence-electron chi connectivity index (χ4n) is 3.75. The van der Waals surface area contributed by atoms with Crippen molar-refractivity contribution in [2.75, 3.05) is 0 Å². The number of nitrogens with zero attached hydrogens (tertiary/aromatic N) is 6. The second kappa shape index (κ2) is 10.7. The van der Waals surface area contributed by atoms with Gasteiger partial charge in [0.2, 0.25) is 0 Å². The van der Waals surface area contributed by atoms with Crippen LogP contribution in [0.2, 0.25) is 10.0 Å². The summed E-state index contributed by atoms with van der Waals surface area (Å²) in [5.41, 5.74) is 0.800. The molecule has 2 aromatic heterocycles. The van der Waals surface area contributed by atoms with Crippen LogP contribution in [-0.2, 0) is 30.2 Å². The van der Waals surface area contributed by atoms with Crippen molar-refractivity contribution in [3.63, 3.8) is 0 Å². The van der Waals surface area contributed by atoms with Crippen LogP contribution in [0.4, 0.5) is 26.3 Å². The van der Waals surface area contributed by atoms with Crippen molar-refractivity contribution >= 4 is 29.0 Å². The van der Waals surface area contributed by atoms with E-state index in [9.17, 15) is 31.1 Å². The second-order valence-electron chi connectivity index (χ2n) is 8.19. The lowest BCUT2D eigenvalue weighted by molar-refractivity contribution is -0.145. The summed E-state index contributed by atoms with van der Waals surface area (Å²) in [4.78, 5) is 20.5. The van der Waals surface area contributed by atoms with Crippen molar-refractivity contribution in [3.05, 3.63) is 94.0 Å². The highest BCUT2D eigenvalue weighted by Gasteiger charge is 2.38. The number of rotatable bonds is 8. The lowest BCUT2D eigenvalue weighted by Crippen LogP contribution is -2.28. The summed E-state index contributed by atoms with van der Waals surface area (Å²) in [5, 5.41) is 7.59. The Morgan fingerprint density at radius 2 is 1.03 bits per heavy atom. The zero-order valence-electron chi connectivity index (χ0n) is 19.0. The highest BCUT2D eigenvalue weighted by molar-refractivity contribution is 6.30. The number of carbonyl (C=O) groups is 1. The Morgan fingerprint density at radius 3 is 1.32 bits per heavy atom. The van der Waals surface area contributed by atoms with Gasteiger partial charge in [-0.25, -0.2) is 9.97 Å². The van der Waals surface area contributed by atoms with E-state index in [1.54, 1.807) is 0 Å². The zero-order valence-corrected chi connectivity index (χ0v) is 20.5. The van der Waals surface area contributed by atoms with Crippen LogP contribution in [0.3, 0.4) is 0 Å². The number of benzene rings is 2. The first kappa shape index (κ1) is 27.6. The van der Waals surface area contributed by atoms with Crippen LogP contribution in [0.5, 0.6) is 0 Å². The SMILES string of the molecule is O=C(C(Cn1cnc(C(F)(F)F)n1)c1ccc(Cl)cc1)C(Cn1cnc(C(F)(F)F)n1)c1ccc(Cl)cc1. The molecule has 15 heteroatoms. The third-order valence-electron chi connectivity index (χ3n) is 5.55. The highest BCUT2D eigenvalue weighted by Crippen LogP contribution is 2.32. The van der Waals surface area contributed by atoms with E-state index in [2.05, 4.69) is 20.2 Å². The predicted molar refractivity (Wildman–Crippen MR) is 123 cm³/mol. The molecule has 0 spiro atoms. The van der Waals surface area contributed by atoms with Gasteiger partial charge in [-0.15, -0.1) is 10.2 Å². The monoisotopic (exact) mass is 576 g/mol. The zero-order chi connectivity index (χ0) is 27.7. The predicted octanol–water partition coefficient (Wildman–Crippen LogP) is 6.05. The summed E-state index contributed by atoms with van der Waals surface area (Å²) in [7, 11) is 0. The van der Waals surface area contributed by atoms with E-state index >= 15 is 0 Å². The smallest absolute Gasteiger partial charge is 0.298 e. The van der Waals surface area contributed by atoms with Gasteiger partial charge >= 0.3 is 12.4 Å². The fraction of sp³-hybridized carbons (Fsp3) is 0.261. The number of alkyl halides is 6. The molecule has 2 unspecified atom stereocenters. The second-order valence-corrected chi connectivity index (χ2v) is 9.06. The molecule has 0 N–H and O–H groups in total. The maximum absolute atomic E-state index is 14.0. The van der Waals surface area contributed by atoms with E-state index in [0.29, 0.717) is 21.2 Å². The Hall–Kier alpha value is -3.45. The number of halogens is 8. The summed E-state index contributed by atoms with van der Waals surface area (Å²) in [6.07, 6.45) is -7.88. The minimum Gasteiger partial charge on any atom is -0.298 e. The molecule has 38 heavy (non-hydrogen) atoms. The van der Waals surface area contributed by atoms with Gasteiger partial charge in [0.05, 0.1) is 24.9 Å². The lowest BCUT2D eigenvalue weighted by atomic mass is 9.83. The first-order valence-corrected chi connectivity index (χ1v) is 11.5. The van der Waals surface area contributed by atoms with Crippen molar-refractivity contribution in [2.24, 2.45) is 0 Å². The molecular formula is C23H16Cl2F6N6O. The number of ketones is 1. The third-order valence-corrected chi connectivity index (χ3v) is 6.05. The van der Waals surface area contributed by atoms with E-state index in [0.717, 1.165) is 22.0 Å². The Bertz CT molecular complexity index is 1290. The molecule has 0 saturated carbocycles. The topological polar surface area (TPSA) is 78.5 Å². The Balaban J connectivity index is 1.73. The van der Waals surface area contributed by atoms with Gasteiger partial charge in [-0.1, -0.05) is 47.5 Å². The standard InChI is InChI=1S/C23H16Cl2F6N6O/c24-15-5-1-13(2-6-15)17(9-36-11-32-20(34-36)22(26,27)28)19(38)18(14-3-7-16(25)8-4-14)10-37-12-33-21(35-37)23(29,30)31/h1-8,11-12,17-18H,9-10H2. The molecular weight excluding hydrogens is 561 g/mol. The normalized spacial score (nSPS) is 13.9. The molecule has 2 heterocycles. The van der Waals surface area contributed by atoms with E-state index in [1.165, 1.54) is 48.5 Å². The van der Waals surface area contributed by atoms with Crippen molar-refractivity contribution in [2.45, 2.75) is 37.3 Å². The average Bonchev–Trinajstić information content (AvgIpc) is 3.52. The molecule has 0 aliphatic rings. The van der Waals surface area contributed by atoms with Gasteiger partial charge in [-0.05, 0) is 35.4 Å². The Labute approximate surface area is 221 Å². The van der Waals surface area contributed by atoms with Gasteiger partial charge in [0.15, 0.2) is 5.78 Å². The van der Waals surface area contributed by atoms with Crippen LogP contribution in [-0.4, -0.2) is 35.3 Å². The molecule has 2 atom stereocenters. The molecule has 200 valence electrons. The molecule has 4 rings (SSSR count). The van der Waals surface area contributed by atoms with Crippen molar-refractivity contribution in [1.29, 1.82) is 0 Å². The molecule has 2 aromatic carbocycles. The van der Waals surface area contributed by atoms with E-state index < -0.39 is 41.6 Å². The Morgan fingerprint density at radius 1 is 0.684 bits per heavy atom. The average molecular weight is 577 g/mol. The molecule has 0 aliphatic heterocycles. The van der Waals surface area contributed by atoms with Crippen molar-refractivity contribution in [3.8, 4) is 0 Å². The summed E-state index contributed by atoms with van der Waals surface area (Å²) in [5.74, 6) is -5.45. The van der Waals surface area contributed by atoms with E-state index in [-0.39, 0.29) is 13.1 Å². The van der Waals surface area contributed by atoms with Gasteiger partial charge in [0, 0.05) is 10.0 Å². The van der Waals surface area contributed by atoms with Crippen LogP contribution >= 0.6 is 23.2 Å². The van der Waals surface area contributed by atoms with Gasteiger partial charge in [-0.2, -0.15) is 26.3 Å². The molecule has 0 radical (unpaired) electrons. The summed E-state index contributed by atoms with van der Waals surface area (Å²) in [6, 6.07) is 12.1. The van der Waals surface area contributed by atoms with Crippen LogP contribution in [0.25, 0.3) is 0 Å². The third kappa shape index (κ3) is 6.51. The molecule has 0 amide bonds. The van der Waals surface area contributed by atoms with Gasteiger partial charge in [0.25, 0.3) is 11.6 Å². The van der Waals surface area contributed by atoms with Gasteiger partial charge < -0.3 is 0 Å². The Kier molecular flexibility index (Phi) is 7.79. The lowest BCUT2D eigenvalue weighted by Gasteiger charge is -2.23. The summed E-state index contributed by atoms with van der Waals surface area (Å²) in [6.45, 7) is -0.669. The number of hydrogen-bond donors (Lipinski definition) is 0.